The van der Waals surface area contributed by atoms with Crippen molar-refractivity contribution in [2.24, 2.45) is 5.73 Å². The Labute approximate surface area is 99.1 Å². The molecule has 0 amide bonds. The van der Waals surface area contributed by atoms with Crippen LogP contribution in [-0.4, -0.2) is 0 Å². The molecule has 1 nitrogen and oxygen atoms in total. The average Bonchev–Trinajstić information content (AvgIpc) is 2.28. The maximum Gasteiger partial charge on any atom is 0.416 e. The van der Waals surface area contributed by atoms with Crippen molar-refractivity contribution in [3.05, 3.63) is 48.0 Å². The van der Waals surface area contributed by atoms with Crippen molar-refractivity contribution in [3.8, 4) is 0 Å². The van der Waals surface area contributed by atoms with E-state index < -0.39 is 11.7 Å². The van der Waals surface area contributed by atoms with E-state index in [2.05, 4.69) is 6.58 Å². The molecule has 0 aliphatic heterocycles. The van der Waals surface area contributed by atoms with E-state index in [0.717, 1.165) is 37.0 Å². The highest BCUT2D eigenvalue weighted by atomic mass is 19.4. The highest BCUT2D eigenvalue weighted by Gasteiger charge is 2.30. The molecular weight excluding hydrogens is 227 g/mol. The molecule has 0 saturated heterocycles. The number of allylic oxidation sites excluding steroid dienone is 1. The Morgan fingerprint density at radius 1 is 1.24 bits per heavy atom. The van der Waals surface area contributed by atoms with Crippen LogP contribution in [0.4, 0.5) is 13.2 Å². The third-order valence-electron chi connectivity index (χ3n) is 2.59. The smallest absolute Gasteiger partial charge is 0.324 e. The van der Waals surface area contributed by atoms with Crippen LogP contribution in [0.3, 0.4) is 0 Å². The van der Waals surface area contributed by atoms with Gasteiger partial charge in [-0.2, -0.15) is 13.2 Å². The Kier molecular flexibility index (Phi) is 4.75. The lowest BCUT2D eigenvalue weighted by Gasteiger charge is -2.13. The van der Waals surface area contributed by atoms with Crippen LogP contribution in [0, 0.1) is 0 Å². The largest absolute Gasteiger partial charge is 0.416 e. The summed E-state index contributed by atoms with van der Waals surface area (Å²) in [4.78, 5) is 0. The third-order valence-corrected chi connectivity index (χ3v) is 2.59. The summed E-state index contributed by atoms with van der Waals surface area (Å²) < 4.78 is 37.0. The molecule has 1 rings (SSSR count). The average molecular weight is 243 g/mol. The van der Waals surface area contributed by atoms with E-state index >= 15 is 0 Å². The van der Waals surface area contributed by atoms with Gasteiger partial charge in [-0.15, -0.1) is 6.58 Å². The van der Waals surface area contributed by atoms with Gasteiger partial charge in [0.1, 0.15) is 0 Å². The molecule has 0 fully saturated rings. The summed E-state index contributed by atoms with van der Waals surface area (Å²) in [6.07, 6.45) is 0.0301. The lowest BCUT2D eigenvalue weighted by atomic mass is 10.0. The lowest BCUT2D eigenvalue weighted by Crippen LogP contribution is -2.11. The third kappa shape index (κ3) is 4.23. The summed E-state index contributed by atoms with van der Waals surface area (Å²) in [6, 6.07) is 4.83. The summed E-state index contributed by atoms with van der Waals surface area (Å²) in [7, 11) is 0. The number of halogens is 3. The van der Waals surface area contributed by atoms with E-state index in [1.165, 1.54) is 12.1 Å². The van der Waals surface area contributed by atoms with Crippen LogP contribution in [0.15, 0.2) is 36.9 Å². The highest BCUT2D eigenvalue weighted by Crippen LogP contribution is 2.30. The fourth-order valence-corrected chi connectivity index (χ4v) is 1.57. The van der Waals surface area contributed by atoms with Crippen molar-refractivity contribution in [2.75, 3.05) is 0 Å². The number of hydrogen-bond donors (Lipinski definition) is 1. The van der Waals surface area contributed by atoms with Crippen LogP contribution in [0.1, 0.15) is 36.4 Å². The van der Waals surface area contributed by atoms with Crippen LogP contribution in [0.2, 0.25) is 0 Å². The molecule has 0 aliphatic rings. The van der Waals surface area contributed by atoms with Crippen molar-refractivity contribution in [1.82, 2.24) is 0 Å². The molecule has 1 atom stereocenters. The zero-order chi connectivity index (χ0) is 12.9. The molecule has 0 heterocycles. The maximum absolute atomic E-state index is 12.3. The second-order valence-electron chi connectivity index (χ2n) is 3.95. The van der Waals surface area contributed by atoms with Gasteiger partial charge in [-0.3, -0.25) is 0 Å². The van der Waals surface area contributed by atoms with Crippen LogP contribution in [0.25, 0.3) is 0 Å². The van der Waals surface area contributed by atoms with Crippen molar-refractivity contribution in [1.29, 1.82) is 0 Å². The van der Waals surface area contributed by atoms with Crippen LogP contribution < -0.4 is 5.73 Å². The summed E-state index contributed by atoms with van der Waals surface area (Å²) in [5, 5.41) is 0. The lowest BCUT2D eigenvalue weighted by molar-refractivity contribution is -0.137. The number of rotatable bonds is 5. The zero-order valence-corrected chi connectivity index (χ0v) is 9.50. The predicted octanol–water partition coefficient (Wildman–Crippen LogP) is 4.06. The molecule has 0 spiro atoms. The SMILES string of the molecule is C=CCCCC(N)c1ccc(C(F)(F)F)cc1. The monoisotopic (exact) mass is 243 g/mol. The Balaban J connectivity index is 2.64. The molecule has 1 aromatic rings. The molecule has 1 aromatic carbocycles. The molecule has 94 valence electrons. The van der Waals surface area contributed by atoms with Crippen molar-refractivity contribution >= 4 is 0 Å². The summed E-state index contributed by atoms with van der Waals surface area (Å²) in [5.74, 6) is 0. The minimum Gasteiger partial charge on any atom is -0.324 e. The minimum absolute atomic E-state index is 0.211. The first-order valence-electron chi connectivity index (χ1n) is 5.49. The highest BCUT2D eigenvalue weighted by molar-refractivity contribution is 5.26. The van der Waals surface area contributed by atoms with Gasteiger partial charge in [0, 0.05) is 6.04 Å². The molecule has 2 N–H and O–H groups in total. The molecule has 0 radical (unpaired) electrons. The second-order valence-corrected chi connectivity index (χ2v) is 3.95. The summed E-state index contributed by atoms with van der Waals surface area (Å²) >= 11 is 0. The number of benzene rings is 1. The van der Waals surface area contributed by atoms with Crippen LogP contribution in [0.5, 0.6) is 0 Å². The Hall–Kier alpha value is -1.29. The molecule has 0 saturated carbocycles. The van der Waals surface area contributed by atoms with Gasteiger partial charge in [0.05, 0.1) is 5.56 Å². The first kappa shape index (κ1) is 13.8. The van der Waals surface area contributed by atoms with Gasteiger partial charge in [-0.25, -0.2) is 0 Å². The van der Waals surface area contributed by atoms with Gasteiger partial charge in [-0.1, -0.05) is 18.2 Å². The van der Waals surface area contributed by atoms with E-state index in [-0.39, 0.29) is 6.04 Å². The van der Waals surface area contributed by atoms with E-state index in [0.29, 0.717) is 0 Å². The topological polar surface area (TPSA) is 26.0 Å². The first-order valence-corrected chi connectivity index (χ1v) is 5.49. The molecule has 1 unspecified atom stereocenters. The van der Waals surface area contributed by atoms with Gasteiger partial charge < -0.3 is 5.73 Å². The minimum atomic E-state index is -4.29. The summed E-state index contributed by atoms with van der Waals surface area (Å²) in [5.41, 5.74) is 5.98. The van der Waals surface area contributed by atoms with Gasteiger partial charge >= 0.3 is 6.18 Å². The van der Waals surface area contributed by atoms with Gasteiger partial charge in [0.25, 0.3) is 0 Å². The number of hydrogen-bond acceptors (Lipinski definition) is 1. The fraction of sp³-hybridized carbons (Fsp3) is 0.385. The van der Waals surface area contributed by atoms with Crippen molar-refractivity contribution in [2.45, 2.75) is 31.5 Å². The molecule has 17 heavy (non-hydrogen) atoms. The Morgan fingerprint density at radius 2 is 1.82 bits per heavy atom. The molecular formula is C13H16F3N. The summed E-state index contributed by atoms with van der Waals surface area (Å²) in [6.45, 7) is 3.60. The Morgan fingerprint density at radius 3 is 2.29 bits per heavy atom. The van der Waals surface area contributed by atoms with Crippen molar-refractivity contribution in [3.63, 3.8) is 0 Å². The van der Waals surface area contributed by atoms with Crippen LogP contribution in [-0.2, 0) is 6.18 Å². The van der Waals surface area contributed by atoms with Gasteiger partial charge in [-0.05, 0) is 37.0 Å². The number of alkyl halides is 3. The molecule has 0 bridgehead atoms. The maximum atomic E-state index is 12.3. The first-order chi connectivity index (χ1) is 7.95. The van der Waals surface area contributed by atoms with E-state index in [1.807, 2.05) is 0 Å². The van der Waals surface area contributed by atoms with Crippen molar-refractivity contribution < 1.29 is 13.2 Å². The fourth-order valence-electron chi connectivity index (χ4n) is 1.57. The van der Waals surface area contributed by atoms with Crippen LogP contribution >= 0.6 is 0 Å². The molecule has 0 aromatic heterocycles. The number of unbranched alkanes of at least 4 members (excludes halogenated alkanes) is 1. The van der Waals surface area contributed by atoms with E-state index in [9.17, 15) is 13.2 Å². The molecule has 0 aliphatic carbocycles. The second kappa shape index (κ2) is 5.87. The quantitative estimate of drug-likeness (QED) is 0.612. The normalized spacial score (nSPS) is 13.4. The van der Waals surface area contributed by atoms with Gasteiger partial charge in [0.15, 0.2) is 0 Å². The Bertz CT molecular complexity index is 354. The predicted molar refractivity (Wildman–Crippen MR) is 62.4 cm³/mol. The standard InChI is InChI=1S/C13H16F3N/c1-2-3-4-5-12(17)10-6-8-11(9-7-10)13(14,15)16/h2,6-9,12H,1,3-5,17H2. The van der Waals surface area contributed by atoms with E-state index in [4.69, 9.17) is 5.73 Å². The number of nitrogens with two attached hydrogens (primary N) is 1. The van der Waals surface area contributed by atoms with E-state index in [1.54, 1.807) is 6.08 Å². The van der Waals surface area contributed by atoms with Gasteiger partial charge in [0.2, 0.25) is 0 Å². The molecule has 4 heteroatoms. The zero-order valence-electron chi connectivity index (χ0n) is 9.50.